The standard InChI is InChI=1S/C17H12FN3O4S/c18-16-13-6-10(12-2-1-5-19-8-12)3-4-11(13)7-14(22)17(16)21-9-15(23)20-26(21,24)25/h1-8,22H,9H2,(H,20,23). The summed E-state index contributed by atoms with van der Waals surface area (Å²) in [4.78, 5) is 15.4. The minimum atomic E-state index is -4.24. The van der Waals surface area contributed by atoms with Gasteiger partial charge >= 0.3 is 10.2 Å². The van der Waals surface area contributed by atoms with Gasteiger partial charge in [-0.1, -0.05) is 18.2 Å². The fourth-order valence-corrected chi connectivity index (χ4v) is 4.09. The van der Waals surface area contributed by atoms with Crippen molar-refractivity contribution in [2.75, 3.05) is 10.8 Å². The molecule has 1 aliphatic rings. The predicted molar refractivity (Wildman–Crippen MR) is 93.2 cm³/mol. The fraction of sp³-hybridized carbons (Fsp3) is 0.0588. The summed E-state index contributed by atoms with van der Waals surface area (Å²) in [6.07, 6.45) is 3.23. The van der Waals surface area contributed by atoms with Crippen molar-refractivity contribution in [1.29, 1.82) is 0 Å². The minimum Gasteiger partial charge on any atom is -0.506 e. The molecule has 2 N–H and O–H groups in total. The Kier molecular flexibility index (Phi) is 3.55. The SMILES string of the molecule is O=C1CN(c2c(O)cc3ccc(-c4cccnc4)cc3c2F)S(=O)(=O)N1. The molecule has 0 atom stereocenters. The lowest BCUT2D eigenvalue weighted by Crippen LogP contribution is -2.30. The van der Waals surface area contributed by atoms with Crippen LogP contribution >= 0.6 is 0 Å². The van der Waals surface area contributed by atoms with Gasteiger partial charge in [-0.3, -0.25) is 9.78 Å². The highest BCUT2D eigenvalue weighted by molar-refractivity contribution is 7.92. The molecule has 2 heterocycles. The van der Waals surface area contributed by atoms with Gasteiger partial charge in [0.15, 0.2) is 5.82 Å². The summed E-state index contributed by atoms with van der Waals surface area (Å²) < 4.78 is 41.4. The number of halogens is 1. The monoisotopic (exact) mass is 373 g/mol. The summed E-state index contributed by atoms with van der Waals surface area (Å²) in [6, 6.07) is 9.72. The number of anilines is 1. The minimum absolute atomic E-state index is 0.119. The van der Waals surface area contributed by atoms with Crippen LogP contribution in [0.1, 0.15) is 0 Å². The molecule has 0 saturated carbocycles. The first kappa shape index (κ1) is 16.3. The number of fused-ring (bicyclic) bond motifs is 1. The van der Waals surface area contributed by atoms with Crippen LogP contribution in [-0.4, -0.2) is 31.0 Å². The van der Waals surface area contributed by atoms with Crippen LogP contribution < -0.4 is 9.03 Å². The van der Waals surface area contributed by atoms with E-state index in [-0.39, 0.29) is 5.39 Å². The van der Waals surface area contributed by atoms with E-state index in [4.69, 9.17) is 0 Å². The lowest BCUT2D eigenvalue weighted by atomic mass is 10.0. The molecule has 4 rings (SSSR count). The number of hydrogen-bond acceptors (Lipinski definition) is 5. The van der Waals surface area contributed by atoms with Crippen LogP contribution in [0.2, 0.25) is 0 Å². The first-order chi connectivity index (χ1) is 12.4. The second-order valence-electron chi connectivity index (χ2n) is 5.77. The molecule has 0 aliphatic carbocycles. The Morgan fingerprint density at radius 2 is 2.00 bits per heavy atom. The number of rotatable bonds is 2. The first-order valence-electron chi connectivity index (χ1n) is 7.56. The highest BCUT2D eigenvalue weighted by Crippen LogP contribution is 2.39. The second-order valence-corrected chi connectivity index (χ2v) is 7.37. The quantitative estimate of drug-likeness (QED) is 0.715. The van der Waals surface area contributed by atoms with Crippen LogP contribution in [0.4, 0.5) is 10.1 Å². The zero-order valence-electron chi connectivity index (χ0n) is 13.2. The van der Waals surface area contributed by atoms with Gasteiger partial charge in [-0.2, -0.15) is 8.42 Å². The third-order valence-electron chi connectivity index (χ3n) is 4.10. The van der Waals surface area contributed by atoms with Gasteiger partial charge in [0, 0.05) is 23.3 Å². The molecule has 26 heavy (non-hydrogen) atoms. The van der Waals surface area contributed by atoms with Crippen molar-refractivity contribution in [3.05, 3.63) is 54.6 Å². The Bertz CT molecular complexity index is 1150. The van der Waals surface area contributed by atoms with Gasteiger partial charge < -0.3 is 5.11 Å². The number of phenols is 1. The average molecular weight is 373 g/mol. The molecule has 1 amide bonds. The predicted octanol–water partition coefficient (Wildman–Crippen LogP) is 1.93. The second kappa shape index (κ2) is 5.67. The van der Waals surface area contributed by atoms with Crippen molar-refractivity contribution < 1.29 is 22.7 Å². The highest BCUT2D eigenvalue weighted by Gasteiger charge is 2.37. The molecule has 9 heteroatoms. The van der Waals surface area contributed by atoms with Gasteiger partial charge in [0.2, 0.25) is 0 Å². The van der Waals surface area contributed by atoms with Crippen molar-refractivity contribution in [3.8, 4) is 16.9 Å². The Hall–Kier alpha value is -3.20. The molecule has 2 aromatic carbocycles. The first-order valence-corrected chi connectivity index (χ1v) is 9.00. The van der Waals surface area contributed by atoms with Crippen LogP contribution in [0.3, 0.4) is 0 Å². The van der Waals surface area contributed by atoms with E-state index in [1.54, 1.807) is 47.4 Å². The van der Waals surface area contributed by atoms with Gasteiger partial charge in [-0.05, 0) is 29.1 Å². The molecule has 7 nitrogen and oxygen atoms in total. The zero-order valence-corrected chi connectivity index (χ0v) is 14.0. The number of carbonyl (C=O) groups excluding carboxylic acids is 1. The number of nitrogens with one attached hydrogen (secondary N) is 1. The maximum atomic E-state index is 15.1. The summed E-state index contributed by atoms with van der Waals surface area (Å²) in [5, 5.41) is 10.7. The Labute approximate surface area is 147 Å². The molecule has 1 fully saturated rings. The Balaban J connectivity index is 1.94. The van der Waals surface area contributed by atoms with E-state index in [2.05, 4.69) is 4.98 Å². The van der Waals surface area contributed by atoms with Crippen LogP contribution in [0.5, 0.6) is 5.75 Å². The number of pyridine rings is 1. The van der Waals surface area contributed by atoms with Gasteiger partial charge in [-0.25, -0.2) is 13.4 Å². The van der Waals surface area contributed by atoms with Crippen LogP contribution in [0.25, 0.3) is 21.9 Å². The van der Waals surface area contributed by atoms with E-state index in [1.807, 2.05) is 0 Å². The number of aromatic hydroxyl groups is 1. The molecule has 0 unspecified atom stereocenters. The van der Waals surface area contributed by atoms with Gasteiger partial charge in [0.05, 0.1) is 0 Å². The number of benzene rings is 2. The zero-order chi connectivity index (χ0) is 18.5. The van der Waals surface area contributed by atoms with Crippen LogP contribution in [0.15, 0.2) is 48.8 Å². The van der Waals surface area contributed by atoms with Crippen molar-refractivity contribution >= 4 is 32.6 Å². The Morgan fingerprint density at radius 3 is 2.65 bits per heavy atom. The molecular weight excluding hydrogens is 361 g/mol. The van der Waals surface area contributed by atoms with Gasteiger partial charge in [0.1, 0.15) is 18.0 Å². The topological polar surface area (TPSA) is 99.6 Å². The summed E-state index contributed by atoms with van der Waals surface area (Å²) in [6.45, 7) is -0.597. The van der Waals surface area contributed by atoms with E-state index in [9.17, 15) is 18.3 Å². The van der Waals surface area contributed by atoms with Gasteiger partial charge in [-0.15, -0.1) is 0 Å². The summed E-state index contributed by atoms with van der Waals surface area (Å²) in [5.74, 6) is -2.29. The fourth-order valence-electron chi connectivity index (χ4n) is 2.92. The molecule has 1 aromatic heterocycles. The normalized spacial score (nSPS) is 16.0. The summed E-state index contributed by atoms with van der Waals surface area (Å²) >= 11 is 0. The maximum absolute atomic E-state index is 15.1. The van der Waals surface area contributed by atoms with Crippen LogP contribution in [0, 0.1) is 5.82 Å². The molecule has 0 spiro atoms. The third-order valence-corrected chi connectivity index (χ3v) is 5.47. The number of hydrogen-bond donors (Lipinski definition) is 2. The molecule has 1 aliphatic heterocycles. The van der Waals surface area contributed by atoms with Crippen molar-refractivity contribution in [1.82, 2.24) is 9.71 Å². The Morgan fingerprint density at radius 1 is 1.19 bits per heavy atom. The summed E-state index contributed by atoms with van der Waals surface area (Å²) in [5.41, 5.74) is 0.882. The maximum Gasteiger partial charge on any atom is 0.326 e. The van der Waals surface area contributed by atoms with E-state index < -0.39 is 39.9 Å². The van der Waals surface area contributed by atoms with Gasteiger partial charge in [0.25, 0.3) is 5.91 Å². The van der Waals surface area contributed by atoms with E-state index >= 15 is 4.39 Å². The number of phenolic OH excluding ortho intramolecular Hbond substituents is 1. The van der Waals surface area contributed by atoms with Crippen molar-refractivity contribution in [2.45, 2.75) is 0 Å². The molecule has 132 valence electrons. The number of carbonyl (C=O) groups is 1. The lowest BCUT2D eigenvalue weighted by Gasteiger charge is -2.18. The van der Waals surface area contributed by atoms with E-state index in [0.29, 0.717) is 15.3 Å². The number of aromatic nitrogens is 1. The van der Waals surface area contributed by atoms with E-state index in [1.165, 1.54) is 6.07 Å². The number of amides is 1. The van der Waals surface area contributed by atoms with Crippen LogP contribution in [-0.2, 0) is 15.0 Å². The molecule has 0 bridgehead atoms. The molecule has 0 radical (unpaired) electrons. The molecule has 1 saturated heterocycles. The smallest absolute Gasteiger partial charge is 0.326 e. The lowest BCUT2D eigenvalue weighted by molar-refractivity contribution is -0.117. The highest BCUT2D eigenvalue weighted by atomic mass is 32.2. The van der Waals surface area contributed by atoms with Crippen molar-refractivity contribution in [3.63, 3.8) is 0 Å². The average Bonchev–Trinajstić information content (AvgIpc) is 2.88. The third kappa shape index (κ3) is 2.53. The summed E-state index contributed by atoms with van der Waals surface area (Å²) in [7, 11) is -4.24. The van der Waals surface area contributed by atoms with E-state index in [0.717, 1.165) is 5.56 Å². The largest absolute Gasteiger partial charge is 0.506 e. The molecular formula is C17H12FN3O4S. The van der Waals surface area contributed by atoms with Crippen molar-refractivity contribution in [2.24, 2.45) is 0 Å². The number of nitrogens with zero attached hydrogens (tertiary/aromatic N) is 2. The molecule has 3 aromatic rings.